The molecule has 0 atom stereocenters. The summed E-state index contributed by atoms with van der Waals surface area (Å²) < 4.78 is 9.27. The number of nitrogens with zero attached hydrogens (tertiary/aromatic N) is 4. The van der Waals surface area contributed by atoms with Gasteiger partial charge < -0.3 is 8.98 Å². The van der Waals surface area contributed by atoms with Crippen LogP contribution in [0.5, 0.6) is 0 Å². The minimum atomic E-state index is 0.584. The summed E-state index contributed by atoms with van der Waals surface area (Å²) in [5, 5.41) is 8.98. The highest BCUT2D eigenvalue weighted by molar-refractivity contribution is 6.22. The maximum atomic E-state index is 6.85. The SMILES string of the molecule is c1ccc(-c2cccc(-c3nc(-c4ccccc4)nc(-c4cccc5oc6c7ccccc7c(-n7c8ccccc8c8cc9ccccc9cc87)cc6c45)n3)c2)cc1. The van der Waals surface area contributed by atoms with Crippen molar-refractivity contribution in [3.8, 4) is 51.0 Å². The van der Waals surface area contributed by atoms with E-state index in [1.54, 1.807) is 0 Å². The molecule has 5 nitrogen and oxygen atoms in total. The van der Waals surface area contributed by atoms with E-state index in [0.29, 0.717) is 17.5 Å². The molecule has 270 valence electrons. The number of furan rings is 1. The molecular weight excluding hydrogens is 709 g/mol. The highest BCUT2D eigenvalue weighted by Crippen LogP contribution is 2.44. The Morgan fingerprint density at radius 3 is 1.78 bits per heavy atom. The largest absolute Gasteiger partial charge is 0.455 e. The van der Waals surface area contributed by atoms with Crippen LogP contribution in [0, 0.1) is 0 Å². The molecule has 58 heavy (non-hydrogen) atoms. The average Bonchev–Trinajstić information content (AvgIpc) is 3.84. The molecule has 0 saturated carbocycles. The van der Waals surface area contributed by atoms with Crippen LogP contribution in [-0.2, 0) is 0 Å². The van der Waals surface area contributed by atoms with Gasteiger partial charge in [-0.2, -0.15) is 0 Å². The Morgan fingerprint density at radius 2 is 0.966 bits per heavy atom. The summed E-state index contributed by atoms with van der Waals surface area (Å²) in [4.78, 5) is 15.5. The van der Waals surface area contributed by atoms with Gasteiger partial charge in [0.2, 0.25) is 0 Å². The first-order chi connectivity index (χ1) is 28.7. The molecule has 0 N–H and O–H groups in total. The molecule has 0 saturated heterocycles. The normalized spacial score (nSPS) is 11.8. The quantitative estimate of drug-likeness (QED) is 0.176. The van der Waals surface area contributed by atoms with Crippen molar-refractivity contribution in [3.05, 3.63) is 194 Å². The van der Waals surface area contributed by atoms with Crippen LogP contribution >= 0.6 is 0 Å². The third kappa shape index (κ3) is 5.07. The van der Waals surface area contributed by atoms with E-state index in [-0.39, 0.29) is 0 Å². The molecule has 0 amide bonds. The summed E-state index contributed by atoms with van der Waals surface area (Å²) in [7, 11) is 0. The molecular formula is C53H32N4O. The lowest BCUT2D eigenvalue weighted by Crippen LogP contribution is -2.00. The van der Waals surface area contributed by atoms with Gasteiger partial charge in [0.25, 0.3) is 0 Å². The third-order valence-corrected chi connectivity index (χ3v) is 11.4. The Morgan fingerprint density at radius 1 is 0.362 bits per heavy atom. The number of hydrogen-bond acceptors (Lipinski definition) is 4. The number of para-hydroxylation sites is 1. The Labute approximate surface area is 333 Å². The first kappa shape index (κ1) is 32.4. The lowest BCUT2D eigenvalue weighted by atomic mass is 10.0. The first-order valence-corrected chi connectivity index (χ1v) is 19.5. The molecule has 0 aliphatic heterocycles. The van der Waals surface area contributed by atoms with Gasteiger partial charge >= 0.3 is 0 Å². The fraction of sp³-hybridized carbons (Fsp3) is 0. The standard InChI is InChI=1S/C53H32N4O/c1-3-15-33(16-4-1)35-21-13-22-38(29-35)52-54-51(34-17-5-2-6-18-34)55-53(56-52)42-26-14-28-48-49(42)44-32-47(39-23-9-10-25-41(39)50(44)58-48)57-45-27-12-11-24-40(45)43-30-36-19-7-8-20-37(36)31-46(43)57/h1-32H. The second kappa shape index (κ2) is 12.8. The highest BCUT2D eigenvalue weighted by atomic mass is 16.3. The predicted molar refractivity (Wildman–Crippen MR) is 238 cm³/mol. The molecule has 12 rings (SSSR count). The van der Waals surface area contributed by atoms with E-state index in [4.69, 9.17) is 19.4 Å². The molecule has 3 aromatic heterocycles. The first-order valence-electron chi connectivity index (χ1n) is 19.5. The number of benzene rings is 9. The maximum Gasteiger partial charge on any atom is 0.164 e. The van der Waals surface area contributed by atoms with Crippen LogP contribution in [0.15, 0.2) is 199 Å². The van der Waals surface area contributed by atoms with Crippen molar-refractivity contribution in [1.82, 2.24) is 19.5 Å². The van der Waals surface area contributed by atoms with Crippen LogP contribution in [0.4, 0.5) is 0 Å². The molecule has 0 unspecified atom stereocenters. The molecule has 12 aromatic rings. The van der Waals surface area contributed by atoms with Crippen LogP contribution in [0.3, 0.4) is 0 Å². The summed E-state index contributed by atoms with van der Waals surface area (Å²) in [6.45, 7) is 0. The monoisotopic (exact) mass is 740 g/mol. The molecule has 0 spiro atoms. The van der Waals surface area contributed by atoms with Gasteiger partial charge in [0, 0.05) is 49.0 Å². The van der Waals surface area contributed by atoms with Gasteiger partial charge in [0.15, 0.2) is 17.5 Å². The van der Waals surface area contributed by atoms with Crippen molar-refractivity contribution in [2.45, 2.75) is 0 Å². The average molecular weight is 741 g/mol. The van der Waals surface area contributed by atoms with E-state index >= 15 is 0 Å². The van der Waals surface area contributed by atoms with Crippen molar-refractivity contribution in [2.75, 3.05) is 0 Å². The molecule has 0 fully saturated rings. The third-order valence-electron chi connectivity index (χ3n) is 11.4. The predicted octanol–water partition coefficient (Wildman–Crippen LogP) is 13.8. The zero-order valence-corrected chi connectivity index (χ0v) is 31.2. The molecule has 5 heteroatoms. The topological polar surface area (TPSA) is 56.7 Å². The van der Waals surface area contributed by atoms with E-state index in [2.05, 4.69) is 150 Å². The van der Waals surface area contributed by atoms with Gasteiger partial charge in [-0.1, -0.05) is 158 Å². The van der Waals surface area contributed by atoms with E-state index in [0.717, 1.165) is 77.2 Å². The lowest BCUT2D eigenvalue weighted by molar-refractivity contribution is 0.672. The zero-order chi connectivity index (χ0) is 38.2. The van der Waals surface area contributed by atoms with Crippen molar-refractivity contribution in [1.29, 1.82) is 0 Å². The fourth-order valence-electron chi connectivity index (χ4n) is 8.73. The van der Waals surface area contributed by atoms with E-state index in [1.807, 2.05) is 48.5 Å². The molecule has 0 radical (unpaired) electrons. The second-order valence-electron chi connectivity index (χ2n) is 14.8. The number of aromatic nitrogens is 4. The maximum absolute atomic E-state index is 6.85. The molecule has 0 aliphatic rings. The minimum absolute atomic E-state index is 0.584. The molecule has 9 aromatic carbocycles. The Balaban J connectivity index is 1.14. The van der Waals surface area contributed by atoms with Gasteiger partial charge in [0.05, 0.1) is 16.7 Å². The minimum Gasteiger partial charge on any atom is -0.455 e. The Kier molecular flexibility index (Phi) is 7.16. The van der Waals surface area contributed by atoms with Crippen LogP contribution in [-0.4, -0.2) is 19.5 Å². The molecule has 0 aliphatic carbocycles. The highest BCUT2D eigenvalue weighted by Gasteiger charge is 2.22. The Hall–Kier alpha value is -7.89. The number of fused-ring (bicyclic) bond motifs is 9. The zero-order valence-electron chi connectivity index (χ0n) is 31.2. The molecule has 3 heterocycles. The van der Waals surface area contributed by atoms with Crippen molar-refractivity contribution in [2.24, 2.45) is 0 Å². The summed E-state index contributed by atoms with van der Waals surface area (Å²) >= 11 is 0. The summed E-state index contributed by atoms with van der Waals surface area (Å²) in [5.41, 5.74) is 9.95. The van der Waals surface area contributed by atoms with Gasteiger partial charge in [-0.3, -0.25) is 0 Å². The Bertz CT molecular complexity index is 3570. The van der Waals surface area contributed by atoms with Crippen LogP contribution < -0.4 is 0 Å². The second-order valence-corrected chi connectivity index (χ2v) is 14.8. The summed E-state index contributed by atoms with van der Waals surface area (Å²) in [6, 6.07) is 68.0. The van der Waals surface area contributed by atoms with E-state index in [1.165, 1.54) is 21.5 Å². The number of hydrogen-bond donors (Lipinski definition) is 0. The lowest BCUT2D eigenvalue weighted by Gasteiger charge is -2.13. The van der Waals surface area contributed by atoms with E-state index < -0.39 is 0 Å². The van der Waals surface area contributed by atoms with Crippen molar-refractivity contribution in [3.63, 3.8) is 0 Å². The number of rotatable bonds is 5. The van der Waals surface area contributed by atoms with Crippen LogP contribution in [0.1, 0.15) is 0 Å². The van der Waals surface area contributed by atoms with Gasteiger partial charge in [-0.15, -0.1) is 0 Å². The van der Waals surface area contributed by atoms with Crippen LogP contribution in [0.25, 0.3) is 116 Å². The van der Waals surface area contributed by atoms with Crippen LogP contribution in [0.2, 0.25) is 0 Å². The summed E-state index contributed by atoms with van der Waals surface area (Å²) in [5.74, 6) is 1.80. The fourth-order valence-corrected chi connectivity index (χ4v) is 8.73. The van der Waals surface area contributed by atoms with Gasteiger partial charge in [-0.05, 0) is 58.3 Å². The summed E-state index contributed by atoms with van der Waals surface area (Å²) in [6.07, 6.45) is 0. The smallest absolute Gasteiger partial charge is 0.164 e. The molecule has 0 bridgehead atoms. The van der Waals surface area contributed by atoms with Gasteiger partial charge in [0.1, 0.15) is 11.2 Å². The van der Waals surface area contributed by atoms with Gasteiger partial charge in [-0.25, -0.2) is 15.0 Å². The van der Waals surface area contributed by atoms with Crippen molar-refractivity contribution >= 4 is 65.3 Å². The van der Waals surface area contributed by atoms with E-state index in [9.17, 15) is 0 Å². The van der Waals surface area contributed by atoms with Crippen molar-refractivity contribution < 1.29 is 4.42 Å².